The molecule has 0 unspecified atom stereocenters. The zero-order valence-corrected chi connectivity index (χ0v) is 13.0. The van der Waals surface area contributed by atoms with Gasteiger partial charge in [0.15, 0.2) is 0 Å². The Hall–Kier alpha value is -1.31. The Morgan fingerprint density at radius 3 is 2.62 bits per heavy atom. The van der Waals surface area contributed by atoms with Crippen LogP contribution in [-0.4, -0.2) is 33.1 Å². The summed E-state index contributed by atoms with van der Waals surface area (Å²) in [4.78, 5) is 11.2. The lowest BCUT2D eigenvalue weighted by molar-refractivity contribution is -0.153. The summed E-state index contributed by atoms with van der Waals surface area (Å²) in [5, 5.41) is 9.50. The van der Waals surface area contributed by atoms with Crippen LogP contribution in [-0.2, 0) is 14.8 Å². The quantitative estimate of drug-likeness (QED) is 0.829. The van der Waals surface area contributed by atoms with Gasteiger partial charge >= 0.3 is 5.97 Å². The number of sulfonamides is 1. The zero-order chi connectivity index (χ0) is 15.7. The maximum atomic E-state index is 12.2. The third-order valence-corrected chi connectivity index (χ3v) is 5.51. The number of carboxylic acids is 1. The highest BCUT2D eigenvalue weighted by molar-refractivity contribution is 7.89. The van der Waals surface area contributed by atoms with Crippen LogP contribution in [0.1, 0.15) is 19.3 Å². The minimum atomic E-state index is -3.80. The van der Waals surface area contributed by atoms with Gasteiger partial charge in [0.1, 0.15) is 5.75 Å². The Morgan fingerprint density at radius 2 is 2.14 bits per heavy atom. The van der Waals surface area contributed by atoms with E-state index in [0.717, 1.165) is 6.42 Å². The fourth-order valence-electron chi connectivity index (χ4n) is 2.19. The topological polar surface area (TPSA) is 92.7 Å². The van der Waals surface area contributed by atoms with Gasteiger partial charge in [0, 0.05) is 12.6 Å². The molecular formula is C13H16ClNO5S. The number of aliphatic carboxylic acids is 1. The van der Waals surface area contributed by atoms with Crippen LogP contribution in [0.5, 0.6) is 5.75 Å². The number of halogens is 1. The van der Waals surface area contributed by atoms with Crippen molar-refractivity contribution in [1.82, 2.24) is 4.72 Å². The Bertz CT molecular complexity index is 655. The second kappa shape index (κ2) is 5.82. The highest BCUT2D eigenvalue weighted by atomic mass is 35.5. The van der Waals surface area contributed by atoms with Crippen LogP contribution in [0.25, 0.3) is 0 Å². The van der Waals surface area contributed by atoms with E-state index in [1.807, 2.05) is 0 Å². The second-order valence-electron chi connectivity index (χ2n) is 5.06. The van der Waals surface area contributed by atoms with Crippen molar-refractivity contribution in [1.29, 1.82) is 0 Å². The minimum absolute atomic E-state index is 0.0105. The van der Waals surface area contributed by atoms with E-state index in [1.165, 1.54) is 25.3 Å². The van der Waals surface area contributed by atoms with Crippen molar-refractivity contribution in [2.45, 2.75) is 24.2 Å². The summed E-state index contributed by atoms with van der Waals surface area (Å²) < 4.78 is 31.8. The molecule has 0 atom stereocenters. The maximum absolute atomic E-state index is 12.2. The molecule has 0 spiro atoms. The van der Waals surface area contributed by atoms with Gasteiger partial charge in [-0.1, -0.05) is 18.0 Å². The molecule has 2 N–H and O–H groups in total. The fraction of sp³-hybridized carbons (Fsp3) is 0.462. The van der Waals surface area contributed by atoms with Crippen LogP contribution in [0, 0.1) is 5.41 Å². The average Bonchev–Trinajstić information content (AvgIpc) is 2.37. The number of rotatable bonds is 6. The van der Waals surface area contributed by atoms with Gasteiger partial charge in [-0.3, -0.25) is 4.79 Å². The highest BCUT2D eigenvalue weighted by Crippen LogP contribution is 2.40. The van der Waals surface area contributed by atoms with E-state index >= 15 is 0 Å². The SMILES string of the molecule is COc1cc(S(=O)(=O)NCC2(C(=O)O)CCC2)ccc1Cl. The number of ether oxygens (including phenoxy) is 1. The van der Waals surface area contributed by atoms with E-state index in [-0.39, 0.29) is 17.2 Å². The first-order valence-corrected chi connectivity index (χ1v) is 8.23. The summed E-state index contributed by atoms with van der Waals surface area (Å²) in [6, 6.07) is 4.07. The van der Waals surface area contributed by atoms with Crippen LogP contribution in [0.4, 0.5) is 0 Å². The predicted molar refractivity (Wildman–Crippen MR) is 77.1 cm³/mol. The van der Waals surface area contributed by atoms with Crippen molar-refractivity contribution in [3.05, 3.63) is 23.2 Å². The average molecular weight is 334 g/mol. The van der Waals surface area contributed by atoms with Crippen molar-refractivity contribution in [2.75, 3.05) is 13.7 Å². The summed E-state index contributed by atoms with van der Waals surface area (Å²) in [7, 11) is -2.42. The number of methoxy groups -OCH3 is 1. The normalized spacial score (nSPS) is 17.0. The first-order chi connectivity index (χ1) is 9.81. The van der Waals surface area contributed by atoms with E-state index in [4.69, 9.17) is 16.3 Å². The van der Waals surface area contributed by atoms with Crippen molar-refractivity contribution in [3.8, 4) is 5.75 Å². The van der Waals surface area contributed by atoms with Crippen LogP contribution < -0.4 is 9.46 Å². The van der Waals surface area contributed by atoms with Crippen molar-refractivity contribution in [2.24, 2.45) is 5.41 Å². The maximum Gasteiger partial charge on any atom is 0.310 e. The van der Waals surface area contributed by atoms with Gasteiger partial charge in [-0.25, -0.2) is 13.1 Å². The first-order valence-electron chi connectivity index (χ1n) is 6.37. The fourth-order valence-corrected chi connectivity index (χ4v) is 3.53. The Kier molecular flexibility index (Phi) is 4.46. The molecule has 21 heavy (non-hydrogen) atoms. The molecule has 0 bridgehead atoms. The molecule has 8 heteroatoms. The van der Waals surface area contributed by atoms with E-state index in [9.17, 15) is 18.3 Å². The van der Waals surface area contributed by atoms with E-state index in [2.05, 4.69) is 4.72 Å². The summed E-state index contributed by atoms with van der Waals surface area (Å²) >= 11 is 5.85. The van der Waals surface area contributed by atoms with Gasteiger partial charge in [0.25, 0.3) is 0 Å². The molecule has 0 saturated heterocycles. The summed E-state index contributed by atoms with van der Waals surface area (Å²) in [6.45, 7) is -0.115. The molecule has 0 aliphatic heterocycles. The molecule has 1 fully saturated rings. The number of benzene rings is 1. The van der Waals surface area contributed by atoms with E-state index in [0.29, 0.717) is 17.9 Å². The lowest BCUT2D eigenvalue weighted by Gasteiger charge is -2.37. The van der Waals surface area contributed by atoms with Crippen LogP contribution in [0.15, 0.2) is 23.1 Å². The summed E-state index contributed by atoms with van der Waals surface area (Å²) in [5.41, 5.74) is -0.983. The smallest absolute Gasteiger partial charge is 0.310 e. The molecule has 1 aliphatic carbocycles. The van der Waals surface area contributed by atoms with Gasteiger partial charge in [0.05, 0.1) is 22.4 Å². The van der Waals surface area contributed by atoms with Crippen LogP contribution >= 0.6 is 11.6 Å². The molecule has 1 aromatic rings. The molecule has 6 nitrogen and oxygen atoms in total. The lowest BCUT2D eigenvalue weighted by Crippen LogP contribution is -2.47. The number of nitrogens with one attached hydrogen (secondary N) is 1. The Labute approximate surface area is 128 Å². The molecule has 0 heterocycles. The summed E-state index contributed by atoms with van der Waals surface area (Å²) in [6.07, 6.45) is 1.76. The number of hydrogen-bond donors (Lipinski definition) is 2. The highest BCUT2D eigenvalue weighted by Gasteiger charge is 2.45. The van der Waals surface area contributed by atoms with Gasteiger partial charge in [-0.2, -0.15) is 0 Å². The zero-order valence-electron chi connectivity index (χ0n) is 11.4. The molecule has 0 amide bonds. The third-order valence-electron chi connectivity index (χ3n) is 3.80. The van der Waals surface area contributed by atoms with Crippen LogP contribution in [0.2, 0.25) is 5.02 Å². The molecule has 116 valence electrons. The van der Waals surface area contributed by atoms with Gasteiger partial charge in [-0.05, 0) is 25.0 Å². The number of hydrogen-bond acceptors (Lipinski definition) is 4. The van der Waals surface area contributed by atoms with Gasteiger partial charge in [0.2, 0.25) is 10.0 Å². The molecule has 2 rings (SSSR count). The number of carbonyl (C=O) groups is 1. The van der Waals surface area contributed by atoms with Gasteiger partial charge in [-0.15, -0.1) is 0 Å². The molecule has 1 saturated carbocycles. The Morgan fingerprint density at radius 1 is 1.48 bits per heavy atom. The lowest BCUT2D eigenvalue weighted by atomic mass is 9.69. The van der Waals surface area contributed by atoms with E-state index in [1.54, 1.807) is 0 Å². The van der Waals surface area contributed by atoms with Crippen molar-refractivity contribution < 1.29 is 23.1 Å². The van der Waals surface area contributed by atoms with E-state index < -0.39 is 21.4 Å². The Balaban J connectivity index is 2.17. The monoisotopic (exact) mass is 333 g/mol. The molecule has 0 aromatic heterocycles. The summed E-state index contributed by atoms with van der Waals surface area (Å²) in [5.74, 6) is -0.721. The third kappa shape index (κ3) is 3.14. The van der Waals surface area contributed by atoms with Crippen molar-refractivity contribution >= 4 is 27.6 Å². The number of carboxylic acid groups (broad SMARTS) is 1. The van der Waals surface area contributed by atoms with Gasteiger partial charge < -0.3 is 9.84 Å². The first kappa shape index (κ1) is 16.1. The van der Waals surface area contributed by atoms with Crippen molar-refractivity contribution in [3.63, 3.8) is 0 Å². The molecular weight excluding hydrogens is 318 g/mol. The largest absolute Gasteiger partial charge is 0.495 e. The van der Waals surface area contributed by atoms with Crippen LogP contribution in [0.3, 0.4) is 0 Å². The predicted octanol–water partition coefficient (Wildman–Crippen LogP) is 1.88. The standard InChI is InChI=1S/C13H16ClNO5S/c1-20-11-7-9(3-4-10(11)14)21(18,19)15-8-13(12(16)17)5-2-6-13/h3-4,7,15H,2,5-6,8H2,1H3,(H,16,17). The minimum Gasteiger partial charge on any atom is -0.495 e. The molecule has 0 radical (unpaired) electrons. The molecule has 1 aromatic carbocycles. The molecule has 1 aliphatic rings. The second-order valence-corrected chi connectivity index (χ2v) is 7.23.